The smallest absolute Gasteiger partial charge is 0.188 e. The third-order valence-electron chi connectivity index (χ3n) is 4.13. The lowest BCUT2D eigenvalue weighted by molar-refractivity contribution is -0.113. The van der Waals surface area contributed by atoms with E-state index in [2.05, 4.69) is 5.32 Å². The van der Waals surface area contributed by atoms with Gasteiger partial charge in [0.25, 0.3) is 0 Å². The van der Waals surface area contributed by atoms with Crippen LogP contribution >= 0.6 is 0 Å². The Hall–Kier alpha value is -2.88. The first kappa shape index (κ1) is 16.0. The SMILES string of the molecule is CC(Nc1cccc(C)c1)=C1C(=N)N(c2cccc(C)c2)CC1=O. The van der Waals surface area contributed by atoms with E-state index in [9.17, 15) is 4.79 Å². The molecule has 24 heavy (non-hydrogen) atoms. The lowest BCUT2D eigenvalue weighted by atomic mass is 10.1. The van der Waals surface area contributed by atoms with Crippen molar-refractivity contribution >= 4 is 23.0 Å². The summed E-state index contributed by atoms with van der Waals surface area (Å²) in [5.41, 5.74) is 5.23. The van der Waals surface area contributed by atoms with Crippen molar-refractivity contribution in [3.63, 3.8) is 0 Å². The number of benzene rings is 2. The minimum atomic E-state index is -0.0286. The Morgan fingerprint density at radius 1 is 1.08 bits per heavy atom. The van der Waals surface area contributed by atoms with Crippen LogP contribution in [-0.4, -0.2) is 18.2 Å². The van der Waals surface area contributed by atoms with Crippen molar-refractivity contribution in [1.82, 2.24) is 0 Å². The molecule has 0 unspecified atom stereocenters. The highest BCUT2D eigenvalue weighted by Crippen LogP contribution is 2.26. The minimum absolute atomic E-state index is 0.0286. The van der Waals surface area contributed by atoms with Gasteiger partial charge in [0.2, 0.25) is 0 Å². The fourth-order valence-electron chi connectivity index (χ4n) is 2.97. The number of allylic oxidation sites excluding steroid dienone is 1. The second kappa shape index (κ2) is 6.32. The third-order valence-corrected chi connectivity index (χ3v) is 4.13. The first-order chi connectivity index (χ1) is 11.5. The molecule has 1 aliphatic heterocycles. The topological polar surface area (TPSA) is 56.2 Å². The first-order valence-corrected chi connectivity index (χ1v) is 7.96. The second-order valence-electron chi connectivity index (χ2n) is 6.19. The number of aryl methyl sites for hydroxylation is 2. The van der Waals surface area contributed by atoms with Gasteiger partial charge in [0.1, 0.15) is 5.84 Å². The molecule has 0 bridgehead atoms. The Balaban J connectivity index is 1.90. The van der Waals surface area contributed by atoms with E-state index in [0.717, 1.165) is 22.5 Å². The molecule has 3 rings (SSSR count). The van der Waals surface area contributed by atoms with Gasteiger partial charge < -0.3 is 10.2 Å². The fraction of sp³-hybridized carbons (Fsp3) is 0.200. The number of anilines is 2. The maximum atomic E-state index is 12.5. The number of hydrogen-bond donors (Lipinski definition) is 2. The molecule has 1 aliphatic rings. The van der Waals surface area contributed by atoms with Gasteiger partial charge in [-0.2, -0.15) is 0 Å². The van der Waals surface area contributed by atoms with Crippen molar-refractivity contribution in [1.29, 1.82) is 5.41 Å². The van der Waals surface area contributed by atoms with Gasteiger partial charge in [0, 0.05) is 17.1 Å². The van der Waals surface area contributed by atoms with Crippen molar-refractivity contribution in [2.24, 2.45) is 0 Å². The van der Waals surface area contributed by atoms with Crippen LogP contribution < -0.4 is 10.2 Å². The van der Waals surface area contributed by atoms with Gasteiger partial charge >= 0.3 is 0 Å². The van der Waals surface area contributed by atoms with Gasteiger partial charge in [-0.3, -0.25) is 10.2 Å². The number of hydrogen-bond acceptors (Lipinski definition) is 3. The summed E-state index contributed by atoms with van der Waals surface area (Å²) in [5, 5.41) is 11.7. The highest BCUT2D eigenvalue weighted by molar-refractivity contribution is 6.33. The Labute approximate surface area is 142 Å². The van der Waals surface area contributed by atoms with E-state index in [1.165, 1.54) is 0 Å². The number of nitrogens with one attached hydrogen (secondary N) is 2. The summed E-state index contributed by atoms with van der Waals surface area (Å²) < 4.78 is 0. The van der Waals surface area contributed by atoms with E-state index in [1.807, 2.05) is 69.3 Å². The summed E-state index contributed by atoms with van der Waals surface area (Å²) in [4.78, 5) is 14.2. The number of Topliss-reactive ketones (excluding diaryl/α,β-unsaturated/α-hetero) is 1. The van der Waals surface area contributed by atoms with Crippen LogP contribution in [0.1, 0.15) is 18.1 Å². The molecule has 1 fully saturated rings. The molecule has 4 nitrogen and oxygen atoms in total. The van der Waals surface area contributed by atoms with Crippen LogP contribution in [0.5, 0.6) is 0 Å². The monoisotopic (exact) mass is 319 g/mol. The predicted octanol–water partition coefficient (Wildman–Crippen LogP) is 4.06. The van der Waals surface area contributed by atoms with Crippen LogP contribution in [0.4, 0.5) is 11.4 Å². The van der Waals surface area contributed by atoms with Crippen molar-refractivity contribution in [3.8, 4) is 0 Å². The number of rotatable bonds is 3. The summed E-state index contributed by atoms with van der Waals surface area (Å²) in [6, 6.07) is 15.8. The van der Waals surface area contributed by atoms with E-state index in [-0.39, 0.29) is 18.2 Å². The lowest BCUT2D eigenvalue weighted by Crippen LogP contribution is -2.24. The molecule has 0 atom stereocenters. The van der Waals surface area contributed by atoms with Crippen molar-refractivity contribution < 1.29 is 4.79 Å². The van der Waals surface area contributed by atoms with E-state index >= 15 is 0 Å². The molecule has 0 aliphatic carbocycles. The molecule has 2 aromatic rings. The van der Waals surface area contributed by atoms with Gasteiger partial charge in [0.05, 0.1) is 12.1 Å². The molecular weight excluding hydrogens is 298 g/mol. The van der Waals surface area contributed by atoms with Crippen LogP contribution in [0.25, 0.3) is 0 Å². The van der Waals surface area contributed by atoms with Crippen molar-refractivity contribution in [2.75, 3.05) is 16.8 Å². The average Bonchev–Trinajstić information content (AvgIpc) is 2.82. The molecule has 0 amide bonds. The van der Waals surface area contributed by atoms with Crippen LogP contribution in [0.2, 0.25) is 0 Å². The summed E-state index contributed by atoms with van der Waals surface area (Å²) in [6.45, 7) is 6.09. The maximum absolute atomic E-state index is 12.5. The molecule has 0 spiro atoms. The Bertz CT molecular complexity index is 851. The zero-order chi connectivity index (χ0) is 17.3. The average molecular weight is 319 g/mol. The first-order valence-electron chi connectivity index (χ1n) is 7.96. The summed E-state index contributed by atoms with van der Waals surface area (Å²) in [5.74, 6) is 0.224. The molecule has 1 heterocycles. The fourth-order valence-corrected chi connectivity index (χ4v) is 2.97. The normalized spacial score (nSPS) is 16.5. The summed E-state index contributed by atoms with van der Waals surface area (Å²) in [6.07, 6.45) is 0. The van der Waals surface area contributed by atoms with Gasteiger partial charge in [-0.1, -0.05) is 24.3 Å². The zero-order valence-electron chi connectivity index (χ0n) is 14.2. The number of carbonyl (C=O) groups is 1. The Morgan fingerprint density at radius 3 is 2.42 bits per heavy atom. The van der Waals surface area contributed by atoms with Crippen LogP contribution in [0.15, 0.2) is 59.8 Å². The third kappa shape index (κ3) is 3.08. The van der Waals surface area contributed by atoms with Crippen molar-refractivity contribution in [3.05, 3.63) is 70.9 Å². The molecule has 0 saturated carbocycles. The highest BCUT2D eigenvalue weighted by atomic mass is 16.1. The largest absolute Gasteiger partial charge is 0.358 e. The molecule has 0 radical (unpaired) electrons. The molecule has 122 valence electrons. The zero-order valence-corrected chi connectivity index (χ0v) is 14.2. The molecule has 2 N–H and O–H groups in total. The summed E-state index contributed by atoms with van der Waals surface area (Å²) in [7, 11) is 0. The standard InChI is InChI=1S/C20H21N3O/c1-13-6-4-8-16(10-13)22-15(3)19-18(24)12-23(20(19)21)17-9-5-7-14(2)11-17/h4-11,21-22H,12H2,1-3H3. The predicted molar refractivity (Wildman–Crippen MR) is 98.8 cm³/mol. The molecule has 4 heteroatoms. The Kier molecular flexibility index (Phi) is 4.21. The quantitative estimate of drug-likeness (QED) is 0.839. The number of amidine groups is 1. The van der Waals surface area contributed by atoms with Gasteiger partial charge in [-0.05, 0) is 56.2 Å². The van der Waals surface area contributed by atoms with Crippen LogP contribution in [0.3, 0.4) is 0 Å². The van der Waals surface area contributed by atoms with Gasteiger partial charge in [-0.25, -0.2) is 0 Å². The van der Waals surface area contributed by atoms with E-state index < -0.39 is 0 Å². The molecule has 1 saturated heterocycles. The van der Waals surface area contributed by atoms with Gasteiger partial charge in [-0.15, -0.1) is 0 Å². The van der Waals surface area contributed by atoms with Crippen molar-refractivity contribution in [2.45, 2.75) is 20.8 Å². The highest BCUT2D eigenvalue weighted by Gasteiger charge is 2.33. The number of nitrogens with zero attached hydrogens (tertiary/aromatic N) is 1. The second-order valence-corrected chi connectivity index (χ2v) is 6.19. The van der Waals surface area contributed by atoms with E-state index in [1.54, 1.807) is 4.90 Å². The van der Waals surface area contributed by atoms with Crippen LogP contribution in [-0.2, 0) is 4.79 Å². The number of carbonyl (C=O) groups excluding carboxylic acids is 1. The van der Waals surface area contributed by atoms with E-state index in [4.69, 9.17) is 5.41 Å². The van der Waals surface area contributed by atoms with Gasteiger partial charge in [0.15, 0.2) is 5.78 Å². The lowest BCUT2D eigenvalue weighted by Gasteiger charge is -2.17. The number of ketones is 1. The minimum Gasteiger partial charge on any atom is -0.358 e. The maximum Gasteiger partial charge on any atom is 0.188 e. The molecule has 2 aromatic carbocycles. The van der Waals surface area contributed by atoms with E-state index in [0.29, 0.717) is 11.3 Å². The molecule has 0 aromatic heterocycles. The molecular formula is C20H21N3O. The Morgan fingerprint density at radius 2 is 1.75 bits per heavy atom. The van der Waals surface area contributed by atoms with Crippen LogP contribution in [0, 0.1) is 19.3 Å². The summed E-state index contributed by atoms with van der Waals surface area (Å²) >= 11 is 0.